The van der Waals surface area contributed by atoms with Crippen molar-refractivity contribution in [2.45, 2.75) is 13.3 Å². The first-order valence-electron chi connectivity index (χ1n) is 8.12. The first kappa shape index (κ1) is 15.4. The number of ether oxygens (including phenoxy) is 1. The van der Waals surface area contributed by atoms with Gasteiger partial charge in [-0.25, -0.2) is 0 Å². The largest absolute Gasteiger partial charge is 0.493 e. The van der Waals surface area contributed by atoms with Gasteiger partial charge in [0.15, 0.2) is 0 Å². The maximum Gasteiger partial charge on any atom is 0.254 e. The van der Waals surface area contributed by atoms with Crippen molar-refractivity contribution in [1.82, 2.24) is 5.01 Å². The number of imide groups is 1. The van der Waals surface area contributed by atoms with Crippen LogP contribution in [0.2, 0.25) is 5.02 Å². The van der Waals surface area contributed by atoms with E-state index in [-0.39, 0.29) is 35.5 Å². The third-order valence-electron chi connectivity index (χ3n) is 5.03. The van der Waals surface area contributed by atoms with E-state index in [1.807, 2.05) is 6.92 Å². The highest BCUT2D eigenvalue weighted by Crippen LogP contribution is 2.52. The summed E-state index contributed by atoms with van der Waals surface area (Å²) in [5, 5.41) is 5.73. The molecule has 1 heterocycles. The standard InChI is InChI=1S/C18H17ClN2O3/c1-2-24-14-6-5-13(19)8-12(14)9-20-21-17(22)15-10-3-4-11(7-10)16(15)18(21)23/h3-6,8-11,15-16H,2,7H2,1H3. The van der Waals surface area contributed by atoms with Crippen LogP contribution in [0.15, 0.2) is 35.5 Å². The molecule has 4 atom stereocenters. The maximum atomic E-state index is 12.6. The second-order valence-electron chi connectivity index (χ2n) is 6.35. The SMILES string of the molecule is CCOc1ccc(Cl)cc1C=NN1C(=O)C2C3C=CC(C3)C2C1=O. The highest BCUT2D eigenvalue weighted by atomic mass is 35.5. The van der Waals surface area contributed by atoms with E-state index < -0.39 is 0 Å². The summed E-state index contributed by atoms with van der Waals surface area (Å²) >= 11 is 6.02. The highest BCUT2D eigenvalue weighted by molar-refractivity contribution is 6.30. The molecule has 1 saturated carbocycles. The molecule has 5 nitrogen and oxygen atoms in total. The lowest BCUT2D eigenvalue weighted by molar-refractivity contribution is -0.140. The first-order chi connectivity index (χ1) is 11.6. The van der Waals surface area contributed by atoms with Crippen LogP contribution in [0.4, 0.5) is 0 Å². The van der Waals surface area contributed by atoms with Crippen LogP contribution in [0.25, 0.3) is 0 Å². The van der Waals surface area contributed by atoms with Crippen LogP contribution >= 0.6 is 11.6 Å². The normalized spacial score (nSPS) is 30.7. The minimum atomic E-state index is -0.240. The lowest BCUT2D eigenvalue weighted by atomic mass is 9.85. The molecule has 4 rings (SSSR count). The summed E-state index contributed by atoms with van der Waals surface area (Å²) in [6, 6.07) is 5.18. The van der Waals surface area contributed by atoms with Gasteiger partial charge in [0.25, 0.3) is 11.8 Å². The molecule has 3 aliphatic rings. The fraction of sp³-hybridized carbons (Fsp3) is 0.389. The second-order valence-corrected chi connectivity index (χ2v) is 6.78. The van der Waals surface area contributed by atoms with E-state index in [2.05, 4.69) is 17.3 Å². The Hall–Kier alpha value is -2.14. The zero-order chi connectivity index (χ0) is 16.8. The van der Waals surface area contributed by atoms with Crippen molar-refractivity contribution < 1.29 is 14.3 Å². The van der Waals surface area contributed by atoms with Crippen LogP contribution < -0.4 is 4.74 Å². The molecule has 1 aromatic carbocycles. The van der Waals surface area contributed by atoms with E-state index in [1.165, 1.54) is 6.21 Å². The Morgan fingerprint density at radius 3 is 2.54 bits per heavy atom. The fourth-order valence-electron chi connectivity index (χ4n) is 4.03. The topological polar surface area (TPSA) is 59.0 Å². The quantitative estimate of drug-likeness (QED) is 0.479. The number of rotatable bonds is 4. The molecule has 1 saturated heterocycles. The van der Waals surface area contributed by atoms with Gasteiger partial charge in [0.05, 0.1) is 24.7 Å². The molecule has 1 aliphatic heterocycles. The molecule has 0 spiro atoms. The van der Waals surface area contributed by atoms with E-state index in [0.29, 0.717) is 22.9 Å². The minimum absolute atomic E-state index is 0.182. The third-order valence-corrected chi connectivity index (χ3v) is 5.27. The number of hydrogen-bond donors (Lipinski definition) is 0. The molecule has 4 unspecified atom stereocenters. The van der Waals surface area contributed by atoms with Gasteiger partial charge >= 0.3 is 0 Å². The Bertz CT molecular complexity index is 744. The summed E-state index contributed by atoms with van der Waals surface area (Å²) in [4.78, 5) is 25.2. The number of halogens is 1. The zero-order valence-electron chi connectivity index (χ0n) is 13.2. The lowest BCUT2D eigenvalue weighted by Crippen LogP contribution is -2.28. The summed E-state index contributed by atoms with van der Waals surface area (Å²) in [5.74, 6) is 0.109. The van der Waals surface area contributed by atoms with Crippen LogP contribution in [-0.2, 0) is 9.59 Å². The minimum Gasteiger partial charge on any atom is -0.493 e. The molecule has 124 valence electrons. The molecule has 2 fully saturated rings. The molecule has 24 heavy (non-hydrogen) atoms. The predicted octanol–water partition coefficient (Wildman–Crippen LogP) is 2.88. The Morgan fingerprint density at radius 2 is 1.92 bits per heavy atom. The average molecular weight is 345 g/mol. The van der Waals surface area contributed by atoms with Gasteiger partial charge in [-0.1, -0.05) is 23.8 Å². The summed E-state index contributed by atoms with van der Waals surface area (Å²) in [6.07, 6.45) is 6.51. The van der Waals surface area contributed by atoms with Crippen LogP contribution in [0, 0.1) is 23.7 Å². The van der Waals surface area contributed by atoms with E-state index in [4.69, 9.17) is 16.3 Å². The summed E-state index contributed by atoms with van der Waals surface area (Å²) in [6.45, 7) is 2.39. The molecule has 0 radical (unpaired) electrons. The molecule has 6 heteroatoms. The summed E-state index contributed by atoms with van der Waals surface area (Å²) < 4.78 is 5.53. The van der Waals surface area contributed by atoms with Gasteiger partial charge < -0.3 is 4.74 Å². The predicted molar refractivity (Wildman–Crippen MR) is 89.8 cm³/mol. The molecular formula is C18H17ClN2O3. The number of benzene rings is 1. The van der Waals surface area contributed by atoms with Crippen molar-refractivity contribution in [3.05, 3.63) is 40.9 Å². The van der Waals surface area contributed by atoms with Crippen LogP contribution in [0.1, 0.15) is 18.9 Å². The van der Waals surface area contributed by atoms with Gasteiger partial charge in [0.1, 0.15) is 5.75 Å². The first-order valence-corrected chi connectivity index (χ1v) is 8.50. The van der Waals surface area contributed by atoms with E-state index in [0.717, 1.165) is 11.4 Å². The smallest absolute Gasteiger partial charge is 0.254 e. The number of carbonyl (C=O) groups excluding carboxylic acids is 2. The Balaban J connectivity index is 1.60. The van der Waals surface area contributed by atoms with Crippen LogP contribution in [0.5, 0.6) is 5.75 Å². The van der Waals surface area contributed by atoms with E-state index >= 15 is 0 Å². The van der Waals surface area contributed by atoms with Crippen molar-refractivity contribution in [3.8, 4) is 5.75 Å². The van der Waals surface area contributed by atoms with Gasteiger partial charge in [-0.15, -0.1) is 0 Å². The third kappa shape index (κ3) is 2.26. The molecule has 2 amide bonds. The molecular weight excluding hydrogens is 328 g/mol. The fourth-order valence-corrected chi connectivity index (χ4v) is 4.21. The number of hydrazone groups is 1. The molecule has 2 bridgehead atoms. The lowest BCUT2D eigenvalue weighted by Gasteiger charge is -2.13. The van der Waals surface area contributed by atoms with Gasteiger partial charge in [-0.3, -0.25) is 9.59 Å². The number of hydrogen-bond acceptors (Lipinski definition) is 4. The summed E-state index contributed by atoms with van der Waals surface area (Å²) in [5.41, 5.74) is 0.642. The molecule has 0 N–H and O–H groups in total. The van der Waals surface area contributed by atoms with Crippen molar-refractivity contribution >= 4 is 29.6 Å². The number of allylic oxidation sites excluding steroid dienone is 2. The van der Waals surface area contributed by atoms with Crippen molar-refractivity contribution in [1.29, 1.82) is 0 Å². The van der Waals surface area contributed by atoms with E-state index in [1.54, 1.807) is 18.2 Å². The van der Waals surface area contributed by atoms with Crippen molar-refractivity contribution in [3.63, 3.8) is 0 Å². The van der Waals surface area contributed by atoms with Gasteiger partial charge in [-0.05, 0) is 43.4 Å². The molecule has 0 aromatic heterocycles. The summed E-state index contributed by atoms with van der Waals surface area (Å²) in [7, 11) is 0. The monoisotopic (exact) mass is 344 g/mol. The average Bonchev–Trinajstić information content (AvgIpc) is 3.23. The van der Waals surface area contributed by atoms with Crippen LogP contribution in [-0.4, -0.2) is 29.6 Å². The van der Waals surface area contributed by atoms with Gasteiger partial charge in [-0.2, -0.15) is 10.1 Å². The number of fused-ring (bicyclic) bond motifs is 5. The molecule has 1 aromatic rings. The van der Waals surface area contributed by atoms with Gasteiger partial charge in [0, 0.05) is 10.6 Å². The maximum absolute atomic E-state index is 12.6. The Labute approximate surface area is 144 Å². The number of amides is 2. The Morgan fingerprint density at radius 1 is 1.25 bits per heavy atom. The number of carbonyl (C=O) groups is 2. The van der Waals surface area contributed by atoms with Crippen LogP contribution in [0.3, 0.4) is 0 Å². The van der Waals surface area contributed by atoms with Crippen molar-refractivity contribution in [2.75, 3.05) is 6.61 Å². The second kappa shape index (κ2) is 5.74. The molecule has 2 aliphatic carbocycles. The Kier molecular flexibility index (Phi) is 3.68. The highest BCUT2D eigenvalue weighted by Gasteiger charge is 2.59. The van der Waals surface area contributed by atoms with Crippen molar-refractivity contribution in [2.24, 2.45) is 28.8 Å². The number of nitrogens with zero attached hydrogens (tertiary/aromatic N) is 2. The van der Waals surface area contributed by atoms with Gasteiger partial charge in [0.2, 0.25) is 0 Å². The zero-order valence-corrected chi connectivity index (χ0v) is 13.9. The van der Waals surface area contributed by atoms with E-state index in [9.17, 15) is 9.59 Å².